The van der Waals surface area contributed by atoms with Crippen molar-refractivity contribution in [1.29, 1.82) is 0 Å². The lowest BCUT2D eigenvalue weighted by atomic mass is 10.1. The number of carbonyl (C=O) groups excluding carboxylic acids is 3. The van der Waals surface area contributed by atoms with E-state index in [1.807, 2.05) is 0 Å². The predicted octanol–water partition coefficient (Wildman–Crippen LogP) is 11.6. The molecule has 0 amide bonds. The number of rotatable bonds is 21. The van der Waals surface area contributed by atoms with Crippen LogP contribution in [-0.2, 0) is 28.6 Å². The van der Waals surface area contributed by atoms with Crippen molar-refractivity contribution in [2.75, 3.05) is 19.8 Å². The monoisotopic (exact) mass is 605 g/mol. The molecule has 6 heteroatoms. The molecule has 0 heterocycles. The maximum atomic E-state index is 9.82. The third-order valence-electron chi connectivity index (χ3n) is 5.96. The third-order valence-corrected chi connectivity index (χ3v) is 5.96. The second-order valence-electron chi connectivity index (χ2n) is 10.4. The first kappa shape index (κ1) is 50.1. The molecule has 0 aliphatic rings. The molecule has 256 valence electrons. The molecule has 6 nitrogen and oxygen atoms in total. The van der Waals surface area contributed by atoms with Crippen LogP contribution in [-0.4, -0.2) is 37.7 Å². The maximum absolute atomic E-state index is 9.82. The Morgan fingerprint density at radius 3 is 0.524 bits per heavy atom. The van der Waals surface area contributed by atoms with Gasteiger partial charge in [-0.3, -0.25) is 14.4 Å². The Morgan fingerprint density at radius 1 is 0.310 bits per heavy atom. The van der Waals surface area contributed by atoms with Gasteiger partial charge in [0.15, 0.2) is 0 Å². The average molecular weight is 605 g/mol. The molecule has 0 aromatic rings. The largest absolute Gasteiger partial charge is 0.466 e. The highest BCUT2D eigenvalue weighted by atomic mass is 16.5. The van der Waals surface area contributed by atoms with Gasteiger partial charge in [0.25, 0.3) is 0 Å². The zero-order chi connectivity index (χ0) is 33.1. The van der Waals surface area contributed by atoms with E-state index in [4.69, 9.17) is 0 Å². The van der Waals surface area contributed by atoms with Crippen molar-refractivity contribution in [2.45, 2.75) is 198 Å². The third kappa shape index (κ3) is 83.3. The molecular weight excluding hydrogens is 528 g/mol. The Kier molecular flexibility index (Phi) is 62.1. The Hall–Kier alpha value is -1.59. The van der Waals surface area contributed by atoms with Gasteiger partial charge in [0, 0.05) is 20.8 Å². The topological polar surface area (TPSA) is 78.9 Å². The van der Waals surface area contributed by atoms with Crippen LogP contribution in [0.2, 0.25) is 0 Å². The minimum atomic E-state index is -0.211. The first-order valence-corrected chi connectivity index (χ1v) is 17.5. The average Bonchev–Trinajstić information content (AvgIpc) is 2.93. The highest BCUT2D eigenvalue weighted by Crippen LogP contribution is 2.10. The molecule has 0 bridgehead atoms. The van der Waals surface area contributed by atoms with Crippen LogP contribution in [0.3, 0.4) is 0 Å². The van der Waals surface area contributed by atoms with E-state index < -0.39 is 0 Å². The minimum Gasteiger partial charge on any atom is -0.466 e. The highest BCUT2D eigenvalue weighted by molar-refractivity contribution is 5.66. The Labute approximate surface area is 263 Å². The number of esters is 3. The summed E-state index contributed by atoms with van der Waals surface area (Å²) in [6.45, 7) is 20.1. The lowest BCUT2D eigenvalue weighted by Gasteiger charge is -1.99. The van der Waals surface area contributed by atoms with Crippen LogP contribution in [0.5, 0.6) is 0 Å². The zero-order valence-electron chi connectivity index (χ0n) is 30.2. The van der Waals surface area contributed by atoms with E-state index in [0.29, 0.717) is 19.8 Å². The van der Waals surface area contributed by atoms with Crippen molar-refractivity contribution in [3.05, 3.63) is 0 Å². The molecule has 0 fully saturated rings. The Balaban J connectivity index is -0.000000142. The fraction of sp³-hybridized carbons (Fsp3) is 0.917. The predicted molar refractivity (Wildman–Crippen MR) is 182 cm³/mol. The van der Waals surface area contributed by atoms with E-state index in [2.05, 4.69) is 41.9 Å². The molecule has 0 atom stereocenters. The molecule has 42 heavy (non-hydrogen) atoms. The van der Waals surface area contributed by atoms with Gasteiger partial charge in [0.05, 0.1) is 19.8 Å². The van der Waals surface area contributed by atoms with Crippen LogP contribution in [0.25, 0.3) is 0 Å². The van der Waals surface area contributed by atoms with Crippen LogP contribution in [0, 0.1) is 0 Å². The minimum absolute atomic E-state index is 0.211. The van der Waals surface area contributed by atoms with Gasteiger partial charge in [-0.05, 0) is 20.8 Å². The summed E-state index contributed by atoms with van der Waals surface area (Å²) in [6, 6.07) is 0. The number of ether oxygens (including phenoxy) is 3. The van der Waals surface area contributed by atoms with Crippen LogP contribution < -0.4 is 0 Å². The lowest BCUT2D eigenvalue weighted by Crippen LogP contribution is -1.95. The molecule has 0 rings (SSSR count). The molecule has 0 aliphatic heterocycles. The van der Waals surface area contributed by atoms with Crippen molar-refractivity contribution in [2.24, 2.45) is 0 Å². The molecule has 0 saturated carbocycles. The second kappa shape index (κ2) is 52.1. The summed E-state index contributed by atoms with van der Waals surface area (Å²) in [5.74, 6) is -0.632. The van der Waals surface area contributed by atoms with E-state index in [0.717, 1.165) is 0 Å². The summed E-state index contributed by atoms with van der Waals surface area (Å²) < 4.78 is 13.2. The lowest BCUT2D eigenvalue weighted by molar-refractivity contribution is -0.141. The first-order chi connectivity index (χ1) is 20.1. The van der Waals surface area contributed by atoms with Crippen molar-refractivity contribution in [1.82, 2.24) is 0 Å². The second-order valence-corrected chi connectivity index (χ2v) is 10.4. The summed E-state index contributed by atoms with van der Waals surface area (Å²) >= 11 is 0. The first-order valence-electron chi connectivity index (χ1n) is 17.5. The smallest absolute Gasteiger partial charge is 0.302 e. The summed E-state index contributed by atoms with van der Waals surface area (Å²) in [5.41, 5.74) is 0. The fourth-order valence-corrected chi connectivity index (χ4v) is 3.73. The van der Waals surface area contributed by atoms with Crippen molar-refractivity contribution in [3.8, 4) is 0 Å². The molecule has 0 aliphatic carbocycles. The van der Waals surface area contributed by atoms with Gasteiger partial charge in [-0.1, -0.05) is 156 Å². The van der Waals surface area contributed by atoms with E-state index in [-0.39, 0.29) is 17.9 Å². The van der Waals surface area contributed by atoms with Crippen LogP contribution in [0.15, 0.2) is 0 Å². The van der Waals surface area contributed by atoms with Crippen molar-refractivity contribution >= 4 is 17.9 Å². The quantitative estimate of drug-likeness (QED) is 0.0736. The van der Waals surface area contributed by atoms with Crippen molar-refractivity contribution < 1.29 is 28.6 Å². The van der Waals surface area contributed by atoms with E-state index >= 15 is 0 Å². The zero-order valence-corrected chi connectivity index (χ0v) is 30.2. The molecule has 0 unspecified atom stereocenters. The molecule has 0 saturated heterocycles. The number of hydrogen-bond acceptors (Lipinski definition) is 6. The molecule has 0 N–H and O–H groups in total. The van der Waals surface area contributed by atoms with Gasteiger partial charge in [-0.15, -0.1) is 0 Å². The van der Waals surface area contributed by atoms with E-state index in [1.54, 1.807) is 20.8 Å². The van der Waals surface area contributed by atoms with Crippen LogP contribution >= 0.6 is 0 Å². The molecule has 0 aromatic carbocycles. The normalized spacial score (nSPS) is 9.29. The fourth-order valence-electron chi connectivity index (χ4n) is 3.73. The van der Waals surface area contributed by atoms with Gasteiger partial charge >= 0.3 is 17.9 Å². The highest BCUT2D eigenvalue weighted by Gasteiger charge is 1.91. The van der Waals surface area contributed by atoms with Gasteiger partial charge in [0.2, 0.25) is 0 Å². The molecular formula is C36H76O6. The Morgan fingerprint density at radius 2 is 0.452 bits per heavy atom. The van der Waals surface area contributed by atoms with Crippen LogP contribution in [0.4, 0.5) is 0 Å². The number of unbranched alkanes of at least 4 members (excludes halogenated alkanes) is 18. The van der Waals surface area contributed by atoms with Gasteiger partial charge < -0.3 is 14.2 Å². The van der Waals surface area contributed by atoms with E-state index in [1.165, 1.54) is 149 Å². The number of carbonyl (C=O) groups is 3. The molecule has 0 aromatic heterocycles. The number of hydrogen-bond donors (Lipinski definition) is 0. The summed E-state index contributed by atoms with van der Waals surface area (Å²) in [7, 11) is 0. The summed E-state index contributed by atoms with van der Waals surface area (Å²) in [6.07, 6.45) is 28.9. The van der Waals surface area contributed by atoms with Crippen LogP contribution in [0.1, 0.15) is 198 Å². The summed E-state index contributed by atoms with van der Waals surface area (Å²) in [5, 5.41) is 0. The van der Waals surface area contributed by atoms with Gasteiger partial charge in [-0.25, -0.2) is 0 Å². The Bertz CT molecular complexity index is 415. The van der Waals surface area contributed by atoms with E-state index in [9.17, 15) is 14.4 Å². The molecule has 0 spiro atoms. The SMILES string of the molecule is CCCCCCCCCCCC.CCCCCCCCCCCC.CCOC(C)=O.CCOC(C)=O.CCOC(C)=O. The summed E-state index contributed by atoms with van der Waals surface area (Å²) in [4.78, 5) is 29.5. The maximum Gasteiger partial charge on any atom is 0.302 e. The van der Waals surface area contributed by atoms with Gasteiger partial charge in [0.1, 0.15) is 0 Å². The van der Waals surface area contributed by atoms with Crippen molar-refractivity contribution in [3.63, 3.8) is 0 Å². The van der Waals surface area contributed by atoms with Gasteiger partial charge in [-0.2, -0.15) is 0 Å². The standard InChI is InChI=1S/2C12H26.3C4H8O2/c2*1-3-5-7-9-11-12-10-8-6-4-2;3*1-3-6-4(2)5/h2*3-12H2,1-2H3;3*3H2,1-2H3. The molecule has 0 radical (unpaired) electrons.